The van der Waals surface area contributed by atoms with Crippen LogP contribution in [0.2, 0.25) is 0 Å². The van der Waals surface area contributed by atoms with Gasteiger partial charge >= 0.3 is 0 Å². The quantitative estimate of drug-likeness (QED) is 0.700. The van der Waals surface area contributed by atoms with E-state index in [1.807, 2.05) is 13.0 Å². The Labute approximate surface area is 138 Å². The number of pyridine rings is 1. The van der Waals surface area contributed by atoms with E-state index in [1.54, 1.807) is 23.5 Å². The number of benzene rings is 1. The van der Waals surface area contributed by atoms with Gasteiger partial charge in [-0.2, -0.15) is 11.3 Å². The Bertz CT molecular complexity index is 834. The van der Waals surface area contributed by atoms with Crippen LogP contribution in [0.15, 0.2) is 41.1 Å². The van der Waals surface area contributed by atoms with Gasteiger partial charge < -0.3 is 9.64 Å². The highest BCUT2D eigenvalue weighted by molar-refractivity contribution is 7.07. The van der Waals surface area contributed by atoms with Gasteiger partial charge in [0, 0.05) is 29.9 Å². The summed E-state index contributed by atoms with van der Waals surface area (Å²) in [5, 5.41) is 5.06. The van der Waals surface area contributed by atoms with Crippen LogP contribution >= 0.6 is 11.3 Å². The van der Waals surface area contributed by atoms with Gasteiger partial charge in [0.15, 0.2) is 0 Å². The summed E-state index contributed by atoms with van der Waals surface area (Å²) in [6.45, 7) is 4.21. The van der Waals surface area contributed by atoms with Crippen molar-refractivity contribution in [2.24, 2.45) is 0 Å². The Morgan fingerprint density at radius 3 is 3.04 bits per heavy atom. The van der Waals surface area contributed by atoms with Crippen molar-refractivity contribution in [2.45, 2.75) is 13.0 Å². The van der Waals surface area contributed by atoms with Gasteiger partial charge in [-0.1, -0.05) is 0 Å². The molecule has 0 bridgehead atoms. The van der Waals surface area contributed by atoms with Gasteiger partial charge in [0.25, 0.3) is 0 Å². The number of halogens is 1. The molecular formula is C18H17FN2OS. The van der Waals surface area contributed by atoms with Crippen LogP contribution in [0.4, 0.5) is 10.1 Å². The van der Waals surface area contributed by atoms with E-state index in [9.17, 15) is 4.39 Å². The maximum atomic E-state index is 13.7. The van der Waals surface area contributed by atoms with E-state index < -0.39 is 0 Å². The van der Waals surface area contributed by atoms with E-state index in [2.05, 4.69) is 26.7 Å². The maximum absolute atomic E-state index is 13.7. The van der Waals surface area contributed by atoms with Crippen LogP contribution in [0.1, 0.15) is 17.4 Å². The standard InChI is InChI=1S/C18H17FN2OS/c1-12-8-17(15-9-14(19)2-3-16(15)20-12)21-5-6-22-18(10-21)13-4-7-23-11-13/h2-4,7-9,11,18H,5-6,10H2,1H3. The molecule has 1 aliphatic rings. The molecule has 3 heterocycles. The Morgan fingerprint density at radius 1 is 1.30 bits per heavy atom. The van der Waals surface area contributed by atoms with Crippen molar-refractivity contribution in [1.29, 1.82) is 0 Å². The fourth-order valence-corrected chi connectivity index (χ4v) is 3.80. The lowest BCUT2D eigenvalue weighted by molar-refractivity contribution is 0.0401. The fraction of sp³-hybridized carbons (Fsp3) is 0.278. The first kappa shape index (κ1) is 14.6. The molecule has 118 valence electrons. The van der Waals surface area contributed by atoms with Crippen LogP contribution < -0.4 is 4.90 Å². The number of hydrogen-bond donors (Lipinski definition) is 0. The topological polar surface area (TPSA) is 25.4 Å². The van der Waals surface area contributed by atoms with Crippen molar-refractivity contribution >= 4 is 27.9 Å². The lowest BCUT2D eigenvalue weighted by Gasteiger charge is -2.35. The molecule has 0 spiro atoms. The molecule has 0 amide bonds. The number of nitrogens with zero attached hydrogens (tertiary/aromatic N) is 2. The number of aryl methyl sites for hydroxylation is 1. The van der Waals surface area contributed by atoms with Gasteiger partial charge in [0.2, 0.25) is 0 Å². The second kappa shape index (κ2) is 5.91. The van der Waals surface area contributed by atoms with Crippen molar-refractivity contribution in [3.8, 4) is 0 Å². The van der Waals surface area contributed by atoms with Crippen LogP contribution in [0.25, 0.3) is 10.9 Å². The van der Waals surface area contributed by atoms with E-state index in [4.69, 9.17) is 4.74 Å². The number of thiophene rings is 1. The van der Waals surface area contributed by atoms with Crippen LogP contribution in [-0.2, 0) is 4.74 Å². The molecule has 0 aliphatic carbocycles. The van der Waals surface area contributed by atoms with Crippen LogP contribution in [0.3, 0.4) is 0 Å². The normalized spacial score (nSPS) is 18.5. The summed E-state index contributed by atoms with van der Waals surface area (Å²) in [6, 6.07) is 8.93. The summed E-state index contributed by atoms with van der Waals surface area (Å²) < 4.78 is 19.6. The number of morpholine rings is 1. The molecule has 1 aliphatic heterocycles. The zero-order chi connectivity index (χ0) is 15.8. The van der Waals surface area contributed by atoms with Crippen molar-refractivity contribution in [3.05, 3.63) is 58.2 Å². The average molecular weight is 328 g/mol. The summed E-state index contributed by atoms with van der Waals surface area (Å²) in [4.78, 5) is 6.80. The number of rotatable bonds is 2. The van der Waals surface area contributed by atoms with Crippen molar-refractivity contribution < 1.29 is 9.13 Å². The predicted octanol–water partition coefficient (Wildman–Crippen LogP) is 4.32. The van der Waals surface area contributed by atoms with Gasteiger partial charge in [-0.3, -0.25) is 4.98 Å². The molecular weight excluding hydrogens is 311 g/mol. The Balaban J connectivity index is 1.74. The summed E-state index contributed by atoms with van der Waals surface area (Å²) >= 11 is 1.68. The van der Waals surface area contributed by atoms with Crippen molar-refractivity contribution in [3.63, 3.8) is 0 Å². The second-order valence-electron chi connectivity index (χ2n) is 5.81. The first-order valence-electron chi connectivity index (χ1n) is 7.66. The van der Waals surface area contributed by atoms with E-state index >= 15 is 0 Å². The number of ether oxygens (including phenoxy) is 1. The lowest BCUT2D eigenvalue weighted by Crippen LogP contribution is -2.38. The molecule has 1 saturated heterocycles. The largest absolute Gasteiger partial charge is 0.370 e. The first-order chi connectivity index (χ1) is 11.2. The Kier molecular flexibility index (Phi) is 3.75. The maximum Gasteiger partial charge on any atom is 0.124 e. The van der Waals surface area contributed by atoms with E-state index in [0.29, 0.717) is 6.61 Å². The zero-order valence-corrected chi connectivity index (χ0v) is 13.6. The minimum absolute atomic E-state index is 0.0621. The number of aromatic nitrogens is 1. The third kappa shape index (κ3) is 2.82. The Morgan fingerprint density at radius 2 is 2.22 bits per heavy atom. The summed E-state index contributed by atoms with van der Waals surface area (Å²) in [5.41, 5.74) is 4.02. The highest BCUT2D eigenvalue weighted by Gasteiger charge is 2.24. The highest BCUT2D eigenvalue weighted by atomic mass is 32.1. The Hall–Kier alpha value is -1.98. The van der Waals surface area contributed by atoms with Gasteiger partial charge in [-0.15, -0.1) is 0 Å². The van der Waals surface area contributed by atoms with E-state index in [1.165, 1.54) is 11.6 Å². The highest BCUT2D eigenvalue weighted by Crippen LogP contribution is 2.32. The van der Waals surface area contributed by atoms with Crippen molar-refractivity contribution in [2.75, 3.05) is 24.6 Å². The fourth-order valence-electron chi connectivity index (χ4n) is 3.10. The minimum Gasteiger partial charge on any atom is -0.370 e. The van der Waals surface area contributed by atoms with E-state index in [0.717, 1.165) is 35.4 Å². The molecule has 1 unspecified atom stereocenters. The molecule has 1 aromatic carbocycles. The molecule has 0 N–H and O–H groups in total. The predicted molar refractivity (Wildman–Crippen MR) is 91.7 cm³/mol. The summed E-state index contributed by atoms with van der Waals surface area (Å²) in [5.74, 6) is -0.230. The first-order valence-corrected chi connectivity index (χ1v) is 8.60. The monoisotopic (exact) mass is 328 g/mol. The average Bonchev–Trinajstić information content (AvgIpc) is 3.09. The van der Waals surface area contributed by atoms with Gasteiger partial charge in [0.1, 0.15) is 11.9 Å². The lowest BCUT2D eigenvalue weighted by atomic mass is 10.1. The SMILES string of the molecule is Cc1cc(N2CCOC(c3ccsc3)C2)c2cc(F)ccc2n1. The molecule has 23 heavy (non-hydrogen) atoms. The third-order valence-electron chi connectivity index (χ3n) is 4.20. The molecule has 3 nitrogen and oxygen atoms in total. The number of fused-ring (bicyclic) bond motifs is 1. The van der Waals surface area contributed by atoms with Crippen molar-refractivity contribution in [1.82, 2.24) is 4.98 Å². The second-order valence-corrected chi connectivity index (χ2v) is 6.59. The summed E-state index contributed by atoms with van der Waals surface area (Å²) in [7, 11) is 0. The number of anilines is 1. The van der Waals surface area contributed by atoms with Crippen LogP contribution in [0.5, 0.6) is 0 Å². The van der Waals surface area contributed by atoms with E-state index in [-0.39, 0.29) is 11.9 Å². The van der Waals surface area contributed by atoms with Gasteiger partial charge in [0.05, 0.1) is 12.1 Å². The molecule has 1 fully saturated rings. The molecule has 5 heteroatoms. The number of hydrogen-bond acceptors (Lipinski definition) is 4. The van der Waals surface area contributed by atoms with Crippen LogP contribution in [-0.4, -0.2) is 24.7 Å². The minimum atomic E-state index is -0.230. The molecule has 3 aromatic rings. The molecule has 1 atom stereocenters. The van der Waals surface area contributed by atoms with Gasteiger partial charge in [-0.25, -0.2) is 4.39 Å². The van der Waals surface area contributed by atoms with Crippen LogP contribution in [0, 0.1) is 12.7 Å². The molecule has 0 radical (unpaired) electrons. The van der Waals surface area contributed by atoms with Gasteiger partial charge in [-0.05, 0) is 53.6 Å². The molecule has 4 rings (SSSR count). The summed E-state index contributed by atoms with van der Waals surface area (Å²) in [6.07, 6.45) is 0.0621. The molecule has 0 saturated carbocycles. The molecule has 2 aromatic heterocycles. The smallest absolute Gasteiger partial charge is 0.124 e. The zero-order valence-electron chi connectivity index (χ0n) is 12.8. The third-order valence-corrected chi connectivity index (χ3v) is 4.90.